The van der Waals surface area contributed by atoms with E-state index in [2.05, 4.69) is 48.5 Å². The molecule has 2 N–H and O–H groups in total. The smallest absolute Gasteiger partial charge is 0.251 e. The Morgan fingerprint density at radius 3 is 2.45 bits per heavy atom. The lowest BCUT2D eigenvalue weighted by Crippen LogP contribution is -2.37. The number of carbonyl (C=O) groups is 2. The highest BCUT2D eigenvalue weighted by Crippen LogP contribution is 2.38. The van der Waals surface area contributed by atoms with Gasteiger partial charge in [0.05, 0.1) is 11.6 Å². The average molecular weight is 445 g/mol. The van der Waals surface area contributed by atoms with E-state index in [0.29, 0.717) is 42.5 Å². The Labute approximate surface area is 196 Å². The molecular formula is C27H32N4O2. The molecule has 1 aromatic carbocycles. The van der Waals surface area contributed by atoms with Crippen LogP contribution >= 0.6 is 0 Å². The van der Waals surface area contributed by atoms with Crippen molar-refractivity contribution in [1.29, 1.82) is 5.26 Å². The minimum absolute atomic E-state index is 0.0315. The van der Waals surface area contributed by atoms with Crippen LogP contribution in [0.4, 0.5) is 0 Å². The van der Waals surface area contributed by atoms with Crippen LogP contribution in [0.15, 0.2) is 60.4 Å². The largest absolute Gasteiger partial charge is 0.352 e. The van der Waals surface area contributed by atoms with Crippen LogP contribution in [0.25, 0.3) is 0 Å². The molecule has 0 fully saturated rings. The molecular weight excluding hydrogens is 412 g/mol. The second kappa shape index (κ2) is 11.4. The quantitative estimate of drug-likeness (QED) is 0.595. The van der Waals surface area contributed by atoms with Crippen LogP contribution in [0, 0.1) is 35.0 Å². The van der Waals surface area contributed by atoms with Gasteiger partial charge in [-0.25, -0.2) is 0 Å². The van der Waals surface area contributed by atoms with Gasteiger partial charge in [-0.15, -0.1) is 0 Å². The van der Waals surface area contributed by atoms with Crippen molar-refractivity contribution < 1.29 is 9.59 Å². The van der Waals surface area contributed by atoms with E-state index in [9.17, 15) is 9.59 Å². The Balaban J connectivity index is 1.57. The van der Waals surface area contributed by atoms with E-state index in [-0.39, 0.29) is 23.7 Å². The second-order valence-corrected chi connectivity index (χ2v) is 9.15. The van der Waals surface area contributed by atoms with E-state index in [4.69, 9.17) is 5.26 Å². The van der Waals surface area contributed by atoms with Crippen LogP contribution in [0.3, 0.4) is 0 Å². The van der Waals surface area contributed by atoms with Crippen LogP contribution in [0.1, 0.15) is 55.1 Å². The van der Waals surface area contributed by atoms with Gasteiger partial charge in [-0.1, -0.05) is 37.6 Å². The molecule has 0 bridgehead atoms. The Morgan fingerprint density at radius 2 is 1.82 bits per heavy atom. The van der Waals surface area contributed by atoms with Crippen molar-refractivity contribution in [1.82, 2.24) is 15.6 Å². The summed E-state index contributed by atoms with van der Waals surface area (Å²) in [4.78, 5) is 29.0. The molecule has 0 radical (unpaired) electrons. The number of hydrogen-bond donors (Lipinski definition) is 2. The monoisotopic (exact) mass is 444 g/mol. The SMILES string of the molecule is CC1=C[C@@H](CNC(=O)c2ccncc2)[C@H](C(C)C)C[C@H]1CC(=O)NCc1ccc(C#N)cc1. The zero-order chi connectivity index (χ0) is 23.8. The first-order chi connectivity index (χ1) is 15.9. The predicted molar refractivity (Wildman–Crippen MR) is 128 cm³/mol. The van der Waals surface area contributed by atoms with E-state index >= 15 is 0 Å². The molecule has 0 saturated carbocycles. The number of allylic oxidation sites excluding steroid dienone is 1. The third-order valence-electron chi connectivity index (χ3n) is 6.53. The van der Waals surface area contributed by atoms with Gasteiger partial charge in [0.25, 0.3) is 5.91 Å². The van der Waals surface area contributed by atoms with Gasteiger partial charge in [0.1, 0.15) is 0 Å². The summed E-state index contributed by atoms with van der Waals surface area (Å²) < 4.78 is 0. The van der Waals surface area contributed by atoms with Crippen LogP contribution in [-0.2, 0) is 11.3 Å². The fourth-order valence-corrected chi connectivity index (χ4v) is 4.52. The summed E-state index contributed by atoms with van der Waals surface area (Å²) in [6.07, 6.45) is 6.87. The van der Waals surface area contributed by atoms with Crippen LogP contribution in [-0.4, -0.2) is 23.3 Å². The molecule has 0 spiro atoms. The van der Waals surface area contributed by atoms with Crippen molar-refractivity contribution in [3.05, 3.63) is 77.1 Å². The van der Waals surface area contributed by atoms with Crippen molar-refractivity contribution in [3.63, 3.8) is 0 Å². The van der Waals surface area contributed by atoms with E-state index in [1.807, 2.05) is 12.1 Å². The predicted octanol–water partition coefficient (Wildman–Crippen LogP) is 4.24. The number of nitrogens with one attached hydrogen (secondary N) is 2. The van der Waals surface area contributed by atoms with Crippen molar-refractivity contribution in [2.75, 3.05) is 6.54 Å². The lowest BCUT2D eigenvalue weighted by Gasteiger charge is -2.37. The number of rotatable bonds is 8. The number of nitrogens with zero attached hydrogens (tertiary/aromatic N) is 2. The molecule has 3 atom stereocenters. The van der Waals surface area contributed by atoms with Crippen molar-refractivity contribution in [2.24, 2.45) is 23.7 Å². The molecule has 2 amide bonds. The van der Waals surface area contributed by atoms with Gasteiger partial charge in [0.2, 0.25) is 5.91 Å². The number of amides is 2. The summed E-state index contributed by atoms with van der Waals surface area (Å²) in [6, 6.07) is 12.8. The highest BCUT2D eigenvalue weighted by Gasteiger charge is 2.32. The van der Waals surface area contributed by atoms with E-state index in [1.54, 1.807) is 36.7 Å². The molecule has 33 heavy (non-hydrogen) atoms. The molecule has 1 aliphatic carbocycles. The summed E-state index contributed by atoms with van der Waals surface area (Å²) in [6.45, 7) is 7.54. The van der Waals surface area contributed by atoms with Crippen LogP contribution < -0.4 is 10.6 Å². The van der Waals surface area contributed by atoms with Gasteiger partial charge in [-0.05, 0) is 66.8 Å². The van der Waals surface area contributed by atoms with Gasteiger partial charge < -0.3 is 10.6 Å². The Hall–Kier alpha value is -3.46. The molecule has 0 saturated heterocycles. The lowest BCUT2D eigenvalue weighted by atomic mass is 9.69. The van der Waals surface area contributed by atoms with Gasteiger partial charge in [0.15, 0.2) is 0 Å². The Morgan fingerprint density at radius 1 is 1.12 bits per heavy atom. The second-order valence-electron chi connectivity index (χ2n) is 9.15. The van der Waals surface area contributed by atoms with Crippen LogP contribution in [0.2, 0.25) is 0 Å². The number of pyridine rings is 1. The van der Waals surface area contributed by atoms with E-state index in [1.165, 1.54) is 5.57 Å². The van der Waals surface area contributed by atoms with Crippen LogP contribution in [0.5, 0.6) is 0 Å². The van der Waals surface area contributed by atoms with Crippen molar-refractivity contribution in [2.45, 2.75) is 40.2 Å². The molecule has 0 unspecified atom stereocenters. The first-order valence-electron chi connectivity index (χ1n) is 11.5. The fraction of sp³-hybridized carbons (Fsp3) is 0.407. The normalized spacial score (nSPS) is 20.0. The number of aromatic nitrogens is 1. The third-order valence-corrected chi connectivity index (χ3v) is 6.53. The third kappa shape index (κ3) is 6.76. The van der Waals surface area contributed by atoms with Crippen molar-refractivity contribution in [3.8, 4) is 6.07 Å². The molecule has 6 heteroatoms. The molecule has 1 heterocycles. The summed E-state index contributed by atoms with van der Waals surface area (Å²) in [5.41, 5.74) is 3.41. The average Bonchev–Trinajstić information content (AvgIpc) is 2.83. The number of nitriles is 1. The molecule has 2 aromatic rings. The van der Waals surface area contributed by atoms with Gasteiger partial charge in [-0.3, -0.25) is 14.6 Å². The molecule has 3 rings (SSSR count). The molecule has 1 aromatic heterocycles. The molecule has 1 aliphatic rings. The van der Waals surface area contributed by atoms with Gasteiger partial charge in [-0.2, -0.15) is 5.26 Å². The Bertz CT molecular complexity index is 1020. The number of carbonyl (C=O) groups excluding carboxylic acids is 2. The maximum atomic E-state index is 12.6. The zero-order valence-electron chi connectivity index (χ0n) is 19.5. The van der Waals surface area contributed by atoms with Gasteiger partial charge >= 0.3 is 0 Å². The van der Waals surface area contributed by atoms with Crippen molar-refractivity contribution >= 4 is 11.8 Å². The summed E-state index contributed by atoms with van der Waals surface area (Å²) in [5.74, 6) is 1.22. The highest BCUT2D eigenvalue weighted by molar-refractivity contribution is 5.93. The molecule has 0 aliphatic heterocycles. The van der Waals surface area contributed by atoms with Gasteiger partial charge in [0, 0.05) is 37.5 Å². The maximum absolute atomic E-state index is 12.6. The number of hydrogen-bond acceptors (Lipinski definition) is 4. The standard InChI is InChI=1S/C27H32N4O2/c1-18(2)25-13-23(14-26(32)30-16-21-6-4-20(15-28)5-7-21)19(3)12-24(25)17-31-27(33)22-8-10-29-11-9-22/h4-12,18,23-25H,13-14,16-17H2,1-3H3,(H,30,32)(H,31,33)/t23-,24-,25-/m0/s1. The minimum Gasteiger partial charge on any atom is -0.352 e. The molecule has 6 nitrogen and oxygen atoms in total. The summed E-state index contributed by atoms with van der Waals surface area (Å²) in [5, 5.41) is 15.0. The van der Waals surface area contributed by atoms with E-state index < -0.39 is 0 Å². The Kier molecular flexibility index (Phi) is 8.37. The maximum Gasteiger partial charge on any atom is 0.251 e. The topological polar surface area (TPSA) is 94.9 Å². The fourth-order valence-electron chi connectivity index (χ4n) is 4.52. The minimum atomic E-state index is -0.0877. The first-order valence-corrected chi connectivity index (χ1v) is 11.5. The summed E-state index contributed by atoms with van der Waals surface area (Å²) >= 11 is 0. The molecule has 172 valence electrons. The summed E-state index contributed by atoms with van der Waals surface area (Å²) in [7, 11) is 0. The highest BCUT2D eigenvalue weighted by atomic mass is 16.2. The number of benzene rings is 1. The zero-order valence-corrected chi connectivity index (χ0v) is 19.5. The first kappa shape index (κ1) is 24.2. The lowest BCUT2D eigenvalue weighted by molar-refractivity contribution is -0.122. The van der Waals surface area contributed by atoms with E-state index in [0.717, 1.165) is 12.0 Å².